The van der Waals surface area contributed by atoms with Crippen molar-refractivity contribution in [2.24, 2.45) is 5.73 Å². The number of ether oxygens (including phenoxy) is 1. The van der Waals surface area contributed by atoms with Gasteiger partial charge in [0.1, 0.15) is 5.75 Å². The lowest BCUT2D eigenvalue weighted by atomic mass is 10.1. The molecule has 0 spiro atoms. The lowest BCUT2D eigenvalue weighted by molar-refractivity contribution is -0.137. The molecule has 0 aliphatic carbocycles. The fraction of sp³-hybridized carbons (Fsp3) is 0.214. The van der Waals surface area contributed by atoms with Crippen molar-refractivity contribution in [3.05, 3.63) is 42.2 Å². The van der Waals surface area contributed by atoms with Gasteiger partial charge in [-0.1, -0.05) is 0 Å². The second-order valence-corrected chi connectivity index (χ2v) is 4.40. The van der Waals surface area contributed by atoms with Crippen LogP contribution in [0.15, 0.2) is 36.7 Å². The van der Waals surface area contributed by atoms with Crippen LogP contribution in [0.3, 0.4) is 0 Å². The summed E-state index contributed by atoms with van der Waals surface area (Å²) >= 11 is 0. The fourth-order valence-electron chi connectivity index (χ4n) is 1.70. The summed E-state index contributed by atoms with van der Waals surface area (Å²) < 4.78 is 5.07. The number of rotatable bonds is 6. The predicted molar refractivity (Wildman–Crippen MR) is 77.5 cm³/mol. The number of aliphatic carboxylic acids is 1. The van der Waals surface area contributed by atoms with Gasteiger partial charge in [0.15, 0.2) is 0 Å². The highest BCUT2D eigenvalue weighted by molar-refractivity contribution is 5.67. The van der Waals surface area contributed by atoms with E-state index in [9.17, 15) is 4.79 Å². The number of aromatic nitrogens is 2. The topological polar surface area (TPSA) is 110 Å². The van der Waals surface area contributed by atoms with E-state index < -0.39 is 12.0 Å². The molecule has 2 rings (SSSR count). The van der Waals surface area contributed by atoms with Crippen molar-refractivity contribution in [1.82, 2.24) is 9.97 Å². The highest BCUT2D eigenvalue weighted by atomic mass is 16.5. The van der Waals surface area contributed by atoms with E-state index in [4.69, 9.17) is 15.6 Å². The Morgan fingerprint density at radius 2 is 1.95 bits per heavy atom. The zero-order valence-electron chi connectivity index (χ0n) is 11.5. The second-order valence-electron chi connectivity index (χ2n) is 4.40. The Bertz CT molecular complexity index is 599. The van der Waals surface area contributed by atoms with Crippen LogP contribution in [-0.2, 0) is 4.79 Å². The molecule has 1 atom stereocenters. The van der Waals surface area contributed by atoms with Gasteiger partial charge in [-0.3, -0.25) is 4.79 Å². The molecule has 0 unspecified atom stereocenters. The maximum Gasteiger partial charge on any atom is 0.305 e. The number of methoxy groups -OCH3 is 1. The van der Waals surface area contributed by atoms with Crippen molar-refractivity contribution >= 4 is 17.6 Å². The lowest BCUT2D eigenvalue weighted by Gasteiger charge is -2.10. The minimum Gasteiger partial charge on any atom is -0.497 e. The Balaban J connectivity index is 2.02. The molecule has 1 heterocycles. The van der Waals surface area contributed by atoms with Gasteiger partial charge in [-0.25, -0.2) is 9.97 Å². The van der Waals surface area contributed by atoms with Crippen molar-refractivity contribution in [1.29, 1.82) is 0 Å². The first-order valence-electron chi connectivity index (χ1n) is 6.29. The molecule has 0 saturated carbocycles. The van der Waals surface area contributed by atoms with Gasteiger partial charge in [0.2, 0.25) is 5.95 Å². The smallest absolute Gasteiger partial charge is 0.305 e. The summed E-state index contributed by atoms with van der Waals surface area (Å²) in [4.78, 5) is 18.8. The summed E-state index contributed by atoms with van der Waals surface area (Å²) in [5, 5.41) is 11.7. The van der Waals surface area contributed by atoms with Crippen LogP contribution in [0.5, 0.6) is 5.75 Å². The Morgan fingerprint density at radius 1 is 1.33 bits per heavy atom. The fourth-order valence-corrected chi connectivity index (χ4v) is 1.70. The number of nitrogens with zero attached hydrogens (tertiary/aromatic N) is 2. The molecule has 7 heteroatoms. The van der Waals surface area contributed by atoms with Crippen molar-refractivity contribution in [3.63, 3.8) is 0 Å². The van der Waals surface area contributed by atoms with Gasteiger partial charge in [0, 0.05) is 29.7 Å². The van der Waals surface area contributed by atoms with Crippen molar-refractivity contribution in [2.45, 2.75) is 12.5 Å². The summed E-state index contributed by atoms with van der Waals surface area (Å²) in [7, 11) is 1.60. The van der Waals surface area contributed by atoms with Gasteiger partial charge in [0.05, 0.1) is 13.5 Å². The van der Waals surface area contributed by atoms with E-state index in [0.717, 1.165) is 11.4 Å². The number of hydrogen-bond acceptors (Lipinski definition) is 6. The van der Waals surface area contributed by atoms with Crippen LogP contribution in [0.1, 0.15) is 18.0 Å². The van der Waals surface area contributed by atoms with Crippen molar-refractivity contribution < 1.29 is 14.6 Å². The van der Waals surface area contributed by atoms with Crippen LogP contribution in [0.2, 0.25) is 0 Å². The van der Waals surface area contributed by atoms with Gasteiger partial charge in [0.25, 0.3) is 0 Å². The Hall–Kier alpha value is -2.67. The number of nitrogens with one attached hydrogen (secondary N) is 1. The Morgan fingerprint density at radius 3 is 2.48 bits per heavy atom. The molecule has 7 nitrogen and oxygen atoms in total. The Labute approximate surface area is 121 Å². The number of nitrogens with two attached hydrogens (primary N) is 1. The van der Waals surface area contributed by atoms with Crippen LogP contribution in [0, 0.1) is 0 Å². The van der Waals surface area contributed by atoms with Crippen LogP contribution < -0.4 is 15.8 Å². The standard InChI is InChI=1S/C14H16N4O3/c1-21-11-4-2-10(3-5-11)18-14-16-7-9(8-17-14)12(15)6-13(19)20/h2-5,7-8,12H,6,15H2,1H3,(H,19,20)(H,16,17,18)/t12-/m0/s1. The summed E-state index contributed by atoms with van der Waals surface area (Å²) in [5.74, 6) is 0.214. The average Bonchev–Trinajstić information content (AvgIpc) is 2.48. The number of carbonyl (C=O) groups is 1. The summed E-state index contributed by atoms with van der Waals surface area (Å²) in [6, 6.07) is 6.70. The van der Waals surface area contributed by atoms with Gasteiger partial charge >= 0.3 is 5.97 Å². The number of carboxylic acids is 1. The number of anilines is 2. The van der Waals surface area contributed by atoms with Crippen LogP contribution >= 0.6 is 0 Å². The predicted octanol–water partition coefficient (Wildman–Crippen LogP) is 1.70. The zero-order chi connectivity index (χ0) is 15.2. The first kappa shape index (κ1) is 14.7. The molecule has 1 aromatic carbocycles. The van der Waals surface area contributed by atoms with E-state index in [1.807, 2.05) is 24.3 Å². The zero-order valence-corrected chi connectivity index (χ0v) is 11.5. The van der Waals surface area contributed by atoms with E-state index in [1.165, 1.54) is 12.4 Å². The highest BCUT2D eigenvalue weighted by Crippen LogP contribution is 2.18. The maximum atomic E-state index is 10.6. The molecule has 0 saturated heterocycles. The van der Waals surface area contributed by atoms with Crippen LogP contribution in [0.4, 0.5) is 11.6 Å². The van der Waals surface area contributed by atoms with Gasteiger partial charge in [-0.15, -0.1) is 0 Å². The molecular formula is C14H16N4O3. The van der Waals surface area contributed by atoms with E-state index >= 15 is 0 Å². The van der Waals surface area contributed by atoms with Gasteiger partial charge < -0.3 is 20.9 Å². The first-order chi connectivity index (χ1) is 10.1. The van der Waals surface area contributed by atoms with Crippen molar-refractivity contribution in [2.75, 3.05) is 12.4 Å². The third-order valence-corrected chi connectivity index (χ3v) is 2.84. The molecule has 2 aromatic rings. The van der Waals surface area contributed by atoms with Gasteiger partial charge in [-0.05, 0) is 24.3 Å². The quantitative estimate of drug-likeness (QED) is 0.742. The van der Waals surface area contributed by atoms with E-state index in [0.29, 0.717) is 11.5 Å². The van der Waals surface area contributed by atoms with Crippen molar-refractivity contribution in [3.8, 4) is 5.75 Å². The van der Waals surface area contributed by atoms with Crippen LogP contribution in [-0.4, -0.2) is 28.2 Å². The molecule has 4 N–H and O–H groups in total. The van der Waals surface area contributed by atoms with Crippen LogP contribution in [0.25, 0.3) is 0 Å². The largest absolute Gasteiger partial charge is 0.497 e. The first-order valence-corrected chi connectivity index (χ1v) is 6.29. The molecule has 0 bridgehead atoms. The number of carboxylic acid groups (broad SMARTS) is 1. The van der Waals surface area contributed by atoms with E-state index in [1.54, 1.807) is 7.11 Å². The van der Waals surface area contributed by atoms with E-state index in [2.05, 4.69) is 15.3 Å². The highest BCUT2D eigenvalue weighted by Gasteiger charge is 2.11. The third-order valence-electron chi connectivity index (χ3n) is 2.84. The molecule has 0 aliphatic heterocycles. The second kappa shape index (κ2) is 6.67. The maximum absolute atomic E-state index is 10.6. The summed E-state index contributed by atoms with van der Waals surface area (Å²) in [6.07, 6.45) is 2.88. The minimum atomic E-state index is -0.956. The summed E-state index contributed by atoms with van der Waals surface area (Å²) in [6.45, 7) is 0. The SMILES string of the molecule is COc1ccc(Nc2ncc([C@@H](N)CC(=O)O)cn2)cc1. The molecular weight excluding hydrogens is 272 g/mol. The molecule has 21 heavy (non-hydrogen) atoms. The monoisotopic (exact) mass is 288 g/mol. The Kier molecular flexibility index (Phi) is 4.68. The third kappa shape index (κ3) is 4.15. The molecule has 1 aromatic heterocycles. The molecule has 0 fully saturated rings. The number of hydrogen-bond donors (Lipinski definition) is 3. The average molecular weight is 288 g/mol. The normalized spacial score (nSPS) is 11.7. The number of benzene rings is 1. The molecule has 0 amide bonds. The molecule has 0 radical (unpaired) electrons. The molecule has 110 valence electrons. The van der Waals surface area contributed by atoms with Gasteiger partial charge in [-0.2, -0.15) is 0 Å². The molecule has 0 aliphatic rings. The summed E-state index contributed by atoms with van der Waals surface area (Å²) in [5.41, 5.74) is 7.13. The van der Waals surface area contributed by atoms with E-state index in [-0.39, 0.29) is 6.42 Å². The minimum absolute atomic E-state index is 0.158. The lowest BCUT2D eigenvalue weighted by Crippen LogP contribution is -2.15.